The molecule has 0 aromatic rings. The fourth-order valence-corrected chi connectivity index (χ4v) is 1.46. The van der Waals surface area contributed by atoms with Crippen LogP contribution in [0.25, 0.3) is 0 Å². The van der Waals surface area contributed by atoms with Gasteiger partial charge in [0.05, 0.1) is 0 Å². The summed E-state index contributed by atoms with van der Waals surface area (Å²) in [7, 11) is 0. The summed E-state index contributed by atoms with van der Waals surface area (Å²) in [6.45, 7) is 4.74. The third-order valence-electron chi connectivity index (χ3n) is 2.47. The molecule has 17 heavy (non-hydrogen) atoms. The standard InChI is InChI=1S/C15H26O2/c1-3-5-7-9-11-13-15(16)17-14-12-10-8-6-4-2/h3-7,9,11-14H2,1-2H3. The van der Waals surface area contributed by atoms with Crippen LogP contribution in [0.4, 0.5) is 0 Å². The molecule has 0 rings (SSSR count). The van der Waals surface area contributed by atoms with Gasteiger partial charge in [0, 0.05) is 19.3 Å². The van der Waals surface area contributed by atoms with E-state index in [1.54, 1.807) is 0 Å². The second-order valence-corrected chi connectivity index (χ2v) is 4.24. The van der Waals surface area contributed by atoms with Gasteiger partial charge in [-0.1, -0.05) is 45.5 Å². The largest absolute Gasteiger partial charge is 0.465 e. The number of carbonyl (C=O) groups excluding carboxylic acids is 1. The average molecular weight is 238 g/mol. The molecule has 2 nitrogen and oxygen atoms in total. The Hall–Kier alpha value is -0.970. The van der Waals surface area contributed by atoms with Crippen LogP contribution in [0, 0.1) is 11.8 Å². The van der Waals surface area contributed by atoms with E-state index in [0.717, 1.165) is 25.7 Å². The van der Waals surface area contributed by atoms with Gasteiger partial charge in [0.2, 0.25) is 0 Å². The Bertz CT molecular complexity index is 235. The van der Waals surface area contributed by atoms with Crippen LogP contribution in [-0.2, 0) is 9.53 Å². The third kappa shape index (κ3) is 13.0. The average Bonchev–Trinajstić information content (AvgIpc) is 2.33. The molecule has 0 N–H and O–H groups in total. The Morgan fingerprint density at radius 1 is 0.941 bits per heavy atom. The molecular weight excluding hydrogens is 212 g/mol. The lowest BCUT2D eigenvalue weighted by atomic mass is 10.1. The number of rotatable bonds is 9. The van der Waals surface area contributed by atoms with Gasteiger partial charge in [-0.3, -0.25) is 4.79 Å². The first kappa shape index (κ1) is 16.0. The Morgan fingerprint density at radius 2 is 1.65 bits per heavy atom. The van der Waals surface area contributed by atoms with E-state index in [1.165, 1.54) is 19.3 Å². The van der Waals surface area contributed by atoms with E-state index >= 15 is 0 Å². The van der Waals surface area contributed by atoms with Crippen molar-refractivity contribution in [3.05, 3.63) is 0 Å². The third-order valence-corrected chi connectivity index (χ3v) is 2.47. The Kier molecular flexibility index (Phi) is 12.3. The van der Waals surface area contributed by atoms with Crippen LogP contribution in [0.3, 0.4) is 0 Å². The highest BCUT2D eigenvalue weighted by atomic mass is 16.5. The number of unbranched alkanes of at least 4 members (excludes halogenated alkanes) is 5. The zero-order valence-corrected chi connectivity index (χ0v) is 11.4. The molecule has 0 fully saturated rings. The van der Waals surface area contributed by atoms with Gasteiger partial charge in [0.1, 0.15) is 6.61 Å². The monoisotopic (exact) mass is 238 g/mol. The molecule has 0 aliphatic carbocycles. The highest BCUT2D eigenvalue weighted by Gasteiger charge is 2.01. The zero-order valence-electron chi connectivity index (χ0n) is 11.4. The topological polar surface area (TPSA) is 26.3 Å². The van der Waals surface area contributed by atoms with Crippen LogP contribution in [0.15, 0.2) is 0 Å². The van der Waals surface area contributed by atoms with Crippen molar-refractivity contribution in [2.24, 2.45) is 0 Å². The number of hydrogen-bond donors (Lipinski definition) is 0. The van der Waals surface area contributed by atoms with Gasteiger partial charge in [-0.2, -0.15) is 0 Å². The molecule has 0 unspecified atom stereocenters. The van der Waals surface area contributed by atoms with Crippen LogP contribution in [0.2, 0.25) is 0 Å². The molecule has 0 aromatic carbocycles. The van der Waals surface area contributed by atoms with E-state index in [-0.39, 0.29) is 5.97 Å². The van der Waals surface area contributed by atoms with Gasteiger partial charge >= 0.3 is 5.97 Å². The smallest absolute Gasteiger partial charge is 0.305 e. The van der Waals surface area contributed by atoms with Crippen molar-refractivity contribution in [2.75, 3.05) is 6.61 Å². The minimum Gasteiger partial charge on any atom is -0.465 e. The molecule has 0 saturated carbocycles. The molecule has 0 spiro atoms. The zero-order chi connectivity index (χ0) is 12.8. The fourth-order valence-electron chi connectivity index (χ4n) is 1.46. The van der Waals surface area contributed by atoms with Crippen molar-refractivity contribution in [3.63, 3.8) is 0 Å². The Balaban J connectivity index is 3.27. The molecule has 0 amide bonds. The molecule has 0 aliphatic rings. The summed E-state index contributed by atoms with van der Waals surface area (Å²) < 4.78 is 5.09. The first-order chi connectivity index (χ1) is 8.31. The molecule has 0 atom stereocenters. The van der Waals surface area contributed by atoms with Gasteiger partial charge in [-0.25, -0.2) is 0 Å². The maximum Gasteiger partial charge on any atom is 0.305 e. The lowest BCUT2D eigenvalue weighted by Crippen LogP contribution is -2.05. The Morgan fingerprint density at radius 3 is 2.35 bits per heavy atom. The molecule has 0 aromatic heterocycles. The molecule has 0 heterocycles. The van der Waals surface area contributed by atoms with Gasteiger partial charge in [-0.05, 0) is 12.8 Å². The molecular formula is C15H26O2. The van der Waals surface area contributed by atoms with Crippen molar-refractivity contribution >= 4 is 5.97 Å². The van der Waals surface area contributed by atoms with Crippen LogP contribution >= 0.6 is 0 Å². The van der Waals surface area contributed by atoms with Crippen molar-refractivity contribution in [1.29, 1.82) is 0 Å². The van der Waals surface area contributed by atoms with E-state index in [1.807, 2.05) is 0 Å². The number of ether oxygens (including phenoxy) is 1. The minimum atomic E-state index is -0.0706. The van der Waals surface area contributed by atoms with Gasteiger partial charge in [0.15, 0.2) is 0 Å². The summed E-state index contributed by atoms with van der Waals surface area (Å²) in [4.78, 5) is 11.3. The first-order valence-electron chi connectivity index (χ1n) is 6.92. The molecule has 0 aliphatic heterocycles. The lowest BCUT2D eigenvalue weighted by molar-refractivity contribution is -0.143. The maximum absolute atomic E-state index is 11.3. The van der Waals surface area contributed by atoms with E-state index in [9.17, 15) is 4.79 Å². The molecule has 0 bridgehead atoms. The quantitative estimate of drug-likeness (QED) is 0.343. The highest BCUT2D eigenvalue weighted by Crippen LogP contribution is 2.05. The second kappa shape index (κ2) is 13.1. The predicted molar refractivity (Wildman–Crippen MR) is 71.6 cm³/mol. The maximum atomic E-state index is 11.3. The fraction of sp³-hybridized carbons (Fsp3) is 0.800. The Labute approximate surface area is 106 Å². The van der Waals surface area contributed by atoms with E-state index < -0.39 is 0 Å². The molecule has 2 heteroatoms. The normalized spacial score (nSPS) is 9.53. The van der Waals surface area contributed by atoms with Crippen LogP contribution in [-0.4, -0.2) is 12.6 Å². The second-order valence-electron chi connectivity index (χ2n) is 4.24. The van der Waals surface area contributed by atoms with Gasteiger partial charge in [0.25, 0.3) is 0 Å². The SMILES string of the molecule is CCCC#CCCOC(=O)CCCCCCC. The van der Waals surface area contributed by atoms with Gasteiger partial charge < -0.3 is 4.74 Å². The summed E-state index contributed by atoms with van der Waals surface area (Å²) in [6.07, 6.45) is 9.08. The van der Waals surface area contributed by atoms with E-state index in [0.29, 0.717) is 19.4 Å². The van der Waals surface area contributed by atoms with E-state index in [4.69, 9.17) is 4.74 Å². The van der Waals surface area contributed by atoms with Crippen LogP contribution < -0.4 is 0 Å². The number of carbonyl (C=O) groups is 1. The molecule has 98 valence electrons. The summed E-state index contributed by atoms with van der Waals surface area (Å²) in [5.41, 5.74) is 0. The predicted octanol–water partition coefficient (Wildman–Crippen LogP) is 4.08. The first-order valence-corrected chi connectivity index (χ1v) is 6.92. The van der Waals surface area contributed by atoms with Crippen LogP contribution in [0.5, 0.6) is 0 Å². The lowest BCUT2D eigenvalue weighted by Gasteiger charge is -2.02. The minimum absolute atomic E-state index is 0.0706. The highest BCUT2D eigenvalue weighted by molar-refractivity contribution is 5.69. The van der Waals surface area contributed by atoms with Crippen molar-refractivity contribution < 1.29 is 9.53 Å². The van der Waals surface area contributed by atoms with Crippen molar-refractivity contribution in [3.8, 4) is 11.8 Å². The van der Waals surface area contributed by atoms with E-state index in [2.05, 4.69) is 25.7 Å². The number of hydrogen-bond acceptors (Lipinski definition) is 2. The van der Waals surface area contributed by atoms with Crippen LogP contribution in [0.1, 0.15) is 71.6 Å². The van der Waals surface area contributed by atoms with Crippen molar-refractivity contribution in [2.45, 2.75) is 71.6 Å². The number of esters is 1. The molecule has 0 saturated heterocycles. The summed E-state index contributed by atoms with van der Waals surface area (Å²) >= 11 is 0. The summed E-state index contributed by atoms with van der Waals surface area (Å²) in [6, 6.07) is 0. The summed E-state index contributed by atoms with van der Waals surface area (Å²) in [5, 5.41) is 0. The summed E-state index contributed by atoms with van der Waals surface area (Å²) in [5.74, 6) is 5.96. The van der Waals surface area contributed by atoms with Gasteiger partial charge in [-0.15, -0.1) is 5.92 Å². The molecule has 0 radical (unpaired) electrons. The van der Waals surface area contributed by atoms with Crippen molar-refractivity contribution in [1.82, 2.24) is 0 Å².